The minimum absolute atomic E-state index is 0.130. The second-order valence-electron chi connectivity index (χ2n) is 5.31. The summed E-state index contributed by atoms with van der Waals surface area (Å²) in [6, 6.07) is 0. The molecule has 0 atom stereocenters. The van der Waals surface area contributed by atoms with Crippen LogP contribution in [0.4, 0.5) is 0 Å². The third kappa shape index (κ3) is 5.22. The maximum absolute atomic E-state index is 11.8. The zero-order valence-electron chi connectivity index (χ0n) is 12.9. The fraction of sp³-hybridized carbons (Fsp3) is 0.533. The summed E-state index contributed by atoms with van der Waals surface area (Å²) in [6.45, 7) is 6.80. The van der Waals surface area contributed by atoms with Crippen LogP contribution in [0.2, 0.25) is 0 Å². The normalized spacial score (nSPS) is 17.9. The van der Waals surface area contributed by atoms with E-state index in [2.05, 4.69) is 10.8 Å². The van der Waals surface area contributed by atoms with E-state index in [1.807, 2.05) is 26.2 Å². The van der Waals surface area contributed by atoms with E-state index in [9.17, 15) is 4.79 Å². The molecule has 0 spiro atoms. The van der Waals surface area contributed by atoms with Crippen molar-refractivity contribution in [2.45, 2.75) is 33.6 Å². The molecule has 0 radical (unpaired) electrons. The predicted octanol–water partition coefficient (Wildman–Crippen LogP) is 5.73. The summed E-state index contributed by atoms with van der Waals surface area (Å²) >= 11 is 6.89. The van der Waals surface area contributed by atoms with Crippen molar-refractivity contribution in [1.29, 1.82) is 0 Å². The fourth-order valence-corrected chi connectivity index (χ4v) is 5.69. The van der Waals surface area contributed by atoms with Gasteiger partial charge in [-0.3, -0.25) is 4.79 Å². The van der Waals surface area contributed by atoms with E-state index in [-0.39, 0.29) is 5.97 Å². The lowest BCUT2D eigenvalue weighted by molar-refractivity contribution is -0.154. The first-order valence-corrected chi connectivity index (χ1v) is 10.6. The van der Waals surface area contributed by atoms with Gasteiger partial charge in [0.2, 0.25) is 0 Å². The number of thioether (sulfide) groups is 4. The minimum Gasteiger partial charge on any atom is -0.486 e. The first-order chi connectivity index (χ1) is 10.5. The summed E-state index contributed by atoms with van der Waals surface area (Å²) in [6.07, 6.45) is 1.50. The van der Waals surface area contributed by atoms with E-state index in [0.29, 0.717) is 19.6 Å². The van der Waals surface area contributed by atoms with Gasteiger partial charge in [0.1, 0.15) is 0 Å². The first kappa shape index (κ1) is 18.2. The molecule has 0 aromatic heterocycles. The first-order valence-electron chi connectivity index (χ1n) is 7.10. The average Bonchev–Trinajstić information content (AvgIpc) is 3.17. The maximum atomic E-state index is 11.8. The largest absolute Gasteiger partial charge is 0.486 e. The summed E-state index contributed by atoms with van der Waals surface area (Å²) in [7, 11) is 0. The highest BCUT2D eigenvalue weighted by Gasteiger charge is 2.26. The summed E-state index contributed by atoms with van der Waals surface area (Å²) in [5, 5.41) is 7.16. The summed E-state index contributed by atoms with van der Waals surface area (Å²) in [5.41, 5.74) is -0.396. The number of rotatable bonds is 7. The van der Waals surface area contributed by atoms with Crippen molar-refractivity contribution in [2.75, 3.05) is 13.2 Å². The number of hydrogen-bond donors (Lipinski definition) is 0. The zero-order chi connectivity index (χ0) is 16.0. The Morgan fingerprint density at radius 3 is 2.55 bits per heavy atom. The summed E-state index contributed by atoms with van der Waals surface area (Å²) in [5.74, 6) is -0.130. The lowest BCUT2D eigenvalue weighted by atomic mass is 9.91. The number of carbonyl (C=O) groups is 1. The molecule has 3 nitrogen and oxygen atoms in total. The minimum atomic E-state index is -0.396. The van der Waals surface area contributed by atoms with Crippen molar-refractivity contribution in [3.05, 3.63) is 29.8 Å². The van der Waals surface area contributed by atoms with Gasteiger partial charge in [0, 0.05) is 11.8 Å². The van der Waals surface area contributed by atoms with Gasteiger partial charge in [-0.05, 0) is 42.8 Å². The van der Waals surface area contributed by atoms with E-state index in [1.54, 1.807) is 47.0 Å². The van der Waals surface area contributed by atoms with E-state index < -0.39 is 5.41 Å². The molecule has 2 aliphatic heterocycles. The molecule has 0 saturated heterocycles. The van der Waals surface area contributed by atoms with Crippen LogP contribution in [0.25, 0.3) is 0 Å². The van der Waals surface area contributed by atoms with Crippen LogP contribution in [-0.2, 0) is 14.3 Å². The van der Waals surface area contributed by atoms with Crippen LogP contribution in [0.15, 0.2) is 29.8 Å². The van der Waals surface area contributed by atoms with Gasteiger partial charge in [0.05, 0.1) is 27.1 Å². The lowest BCUT2D eigenvalue weighted by Crippen LogP contribution is -2.26. The van der Waals surface area contributed by atoms with Gasteiger partial charge < -0.3 is 9.47 Å². The Labute approximate surface area is 149 Å². The van der Waals surface area contributed by atoms with Crippen LogP contribution in [0.5, 0.6) is 0 Å². The monoisotopic (exact) mass is 376 g/mol. The Hall–Kier alpha value is -0.110. The smallest absolute Gasteiger partial charge is 0.311 e. The maximum Gasteiger partial charge on any atom is 0.311 e. The topological polar surface area (TPSA) is 35.5 Å². The van der Waals surface area contributed by atoms with Gasteiger partial charge in [0.15, 0.2) is 5.09 Å². The van der Waals surface area contributed by atoms with Crippen molar-refractivity contribution in [1.82, 2.24) is 0 Å². The van der Waals surface area contributed by atoms with Crippen LogP contribution in [0, 0.1) is 5.41 Å². The molecule has 0 N–H and O–H groups in total. The van der Waals surface area contributed by atoms with Crippen molar-refractivity contribution < 1.29 is 14.3 Å². The second kappa shape index (κ2) is 8.66. The quantitative estimate of drug-likeness (QED) is 0.415. The molecular formula is C15H20O3S4. The fourth-order valence-electron chi connectivity index (χ4n) is 1.43. The SMILES string of the molecule is CCC(C)(C)C(=O)OCCCOC1=CSC(=C2SC=CS2)S1. The van der Waals surface area contributed by atoms with E-state index in [1.165, 1.54) is 8.47 Å². The van der Waals surface area contributed by atoms with Crippen LogP contribution in [0.1, 0.15) is 33.6 Å². The van der Waals surface area contributed by atoms with E-state index in [4.69, 9.17) is 9.47 Å². The molecule has 2 aliphatic rings. The number of ether oxygens (including phenoxy) is 2. The van der Waals surface area contributed by atoms with Crippen molar-refractivity contribution in [3.8, 4) is 0 Å². The van der Waals surface area contributed by atoms with Crippen molar-refractivity contribution >= 4 is 53.0 Å². The summed E-state index contributed by atoms with van der Waals surface area (Å²) in [4.78, 5) is 11.8. The number of esters is 1. The van der Waals surface area contributed by atoms with Crippen molar-refractivity contribution in [3.63, 3.8) is 0 Å². The lowest BCUT2D eigenvalue weighted by Gasteiger charge is -2.20. The highest BCUT2D eigenvalue weighted by atomic mass is 32.2. The molecule has 0 bridgehead atoms. The van der Waals surface area contributed by atoms with Crippen LogP contribution in [-0.4, -0.2) is 19.2 Å². The Kier molecular flexibility index (Phi) is 7.18. The Morgan fingerprint density at radius 1 is 1.14 bits per heavy atom. The molecule has 0 aromatic rings. The molecule has 0 aliphatic carbocycles. The molecule has 122 valence electrons. The molecule has 0 aromatic carbocycles. The predicted molar refractivity (Wildman–Crippen MR) is 100 cm³/mol. The van der Waals surface area contributed by atoms with Crippen LogP contribution in [0.3, 0.4) is 0 Å². The van der Waals surface area contributed by atoms with E-state index in [0.717, 1.165) is 11.5 Å². The molecule has 7 heteroatoms. The Balaban J connectivity index is 1.60. The number of carbonyl (C=O) groups excluding carboxylic acids is 1. The molecule has 2 rings (SSSR count). The summed E-state index contributed by atoms with van der Waals surface area (Å²) < 4.78 is 13.6. The van der Waals surface area contributed by atoms with Gasteiger partial charge in [0.25, 0.3) is 0 Å². The molecule has 0 amide bonds. The molecule has 0 fully saturated rings. The molecular weight excluding hydrogens is 356 g/mol. The van der Waals surface area contributed by atoms with Crippen molar-refractivity contribution in [2.24, 2.45) is 5.41 Å². The average molecular weight is 377 g/mol. The highest BCUT2D eigenvalue weighted by molar-refractivity contribution is 8.33. The third-order valence-electron chi connectivity index (χ3n) is 3.23. The number of hydrogen-bond acceptors (Lipinski definition) is 7. The van der Waals surface area contributed by atoms with Gasteiger partial charge in [-0.15, -0.1) is 0 Å². The standard InChI is InChI=1S/C15H20O3S4/c1-4-15(2,3)14(16)18-7-5-6-17-11-10-21-13(22-11)12-19-8-9-20-12/h8-10H,4-7H2,1-3H3. The zero-order valence-corrected chi connectivity index (χ0v) is 16.2. The van der Waals surface area contributed by atoms with Gasteiger partial charge >= 0.3 is 5.97 Å². The van der Waals surface area contributed by atoms with Gasteiger partial charge in [-0.2, -0.15) is 0 Å². The van der Waals surface area contributed by atoms with Gasteiger partial charge in [-0.1, -0.05) is 42.2 Å². The van der Waals surface area contributed by atoms with Crippen LogP contribution >= 0.6 is 47.0 Å². The van der Waals surface area contributed by atoms with Gasteiger partial charge in [-0.25, -0.2) is 0 Å². The van der Waals surface area contributed by atoms with E-state index >= 15 is 0 Å². The van der Waals surface area contributed by atoms with Crippen LogP contribution < -0.4 is 0 Å². The Bertz CT molecular complexity index is 499. The highest BCUT2D eigenvalue weighted by Crippen LogP contribution is 2.53. The Morgan fingerprint density at radius 2 is 1.86 bits per heavy atom. The molecule has 0 unspecified atom stereocenters. The second-order valence-corrected chi connectivity index (χ2v) is 9.56. The molecule has 0 saturated carbocycles. The molecule has 2 heterocycles. The third-order valence-corrected chi connectivity index (χ3v) is 8.14. The molecule has 22 heavy (non-hydrogen) atoms.